The van der Waals surface area contributed by atoms with Gasteiger partial charge in [0.1, 0.15) is 0 Å². The summed E-state index contributed by atoms with van der Waals surface area (Å²) in [6.45, 7) is 6.06. The number of hydrogen-bond acceptors (Lipinski definition) is 6. The molecule has 25 heavy (non-hydrogen) atoms. The van der Waals surface area contributed by atoms with Crippen molar-refractivity contribution in [1.82, 2.24) is 0 Å². The van der Waals surface area contributed by atoms with E-state index in [4.69, 9.17) is 23.7 Å². The number of benzene rings is 1. The van der Waals surface area contributed by atoms with Gasteiger partial charge in [-0.05, 0) is 44.4 Å². The van der Waals surface area contributed by atoms with Crippen LogP contribution in [0.1, 0.15) is 39.2 Å². The zero-order chi connectivity index (χ0) is 18.9. The second kappa shape index (κ2) is 10.3. The van der Waals surface area contributed by atoms with Crippen LogP contribution in [0.2, 0.25) is 0 Å². The molecule has 0 spiro atoms. The minimum atomic E-state index is -1.16. The molecule has 0 heterocycles. The van der Waals surface area contributed by atoms with Gasteiger partial charge in [0, 0.05) is 26.6 Å². The van der Waals surface area contributed by atoms with E-state index in [0.29, 0.717) is 36.9 Å². The van der Waals surface area contributed by atoms with Crippen LogP contribution in [0, 0.1) is 0 Å². The lowest BCUT2D eigenvalue weighted by molar-refractivity contribution is -0.227. The number of aryl methyl sites for hydroxylation is 1. The Morgan fingerprint density at radius 2 is 1.48 bits per heavy atom. The first-order valence-corrected chi connectivity index (χ1v) is 8.55. The minimum absolute atomic E-state index is 0.110. The van der Waals surface area contributed by atoms with Gasteiger partial charge in [-0.1, -0.05) is 0 Å². The zero-order valence-corrected chi connectivity index (χ0v) is 16.1. The molecule has 6 heteroatoms. The number of rotatable bonds is 12. The highest BCUT2D eigenvalue weighted by Gasteiger charge is 2.36. The molecule has 1 aromatic carbocycles. The molecule has 0 unspecified atom stereocenters. The fraction of sp³-hybridized carbons (Fsp3) is 0.632. The van der Waals surface area contributed by atoms with E-state index in [2.05, 4.69) is 0 Å². The molecule has 0 aromatic heterocycles. The molecule has 1 rings (SSSR count). The van der Waals surface area contributed by atoms with E-state index in [1.165, 1.54) is 6.92 Å². The quantitative estimate of drug-likeness (QED) is 0.536. The van der Waals surface area contributed by atoms with Crippen LogP contribution in [0.4, 0.5) is 0 Å². The molecule has 6 nitrogen and oxygen atoms in total. The summed E-state index contributed by atoms with van der Waals surface area (Å²) in [7, 11) is 4.75. The Bertz CT molecular complexity index is 524. The lowest BCUT2D eigenvalue weighted by Crippen LogP contribution is -2.43. The van der Waals surface area contributed by atoms with Crippen LogP contribution in [0.5, 0.6) is 17.2 Å². The van der Waals surface area contributed by atoms with Gasteiger partial charge in [0.2, 0.25) is 11.5 Å². The van der Waals surface area contributed by atoms with E-state index in [1.807, 2.05) is 26.0 Å². The van der Waals surface area contributed by atoms with Crippen LogP contribution >= 0.6 is 0 Å². The lowest BCUT2D eigenvalue weighted by atomic mass is 10.0. The summed E-state index contributed by atoms with van der Waals surface area (Å²) in [5.41, 5.74) is 1.03. The Kier molecular flexibility index (Phi) is 8.72. The van der Waals surface area contributed by atoms with Crippen molar-refractivity contribution in [1.29, 1.82) is 0 Å². The molecule has 0 aliphatic carbocycles. The predicted octanol–water partition coefficient (Wildman–Crippen LogP) is 3.39. The molecule has 1 aromatic rings. The van der Waals surface area contributed by atoms with Crippen molar-refractivity contribution < 1.29 is 28.5 Å². The van der Waals surface area contributed by atoms with Crippen molar-refractivity contribution in [3.05, 3.63) is 17.7 Å². The predicted molar refractivity (Wildman–Crippen MR) is 95.7 cm³/mol. The van der Waals surface area contributed by atoms with Gasteiger partial charge in [0.25, 0.3) is 0 Å². The fourth-order valence-corrected chi connectivity index (χ4v) is 2.84. The zero-order valence-electron chi connectivity index (χ0n) is 16.1. The van der Waals surface area contributed by atoms with Crippen molar-refractivity contribution in [2.45, 2.75) is 45.8 Å². The SMILES string of the molecule is CCOC(CCCc1cc(OC)c(OC)c(OC)c1)(OCC)C(C)=O. The Labute approximate surface area is 150 Å². The largest absolute Gasteiger partial charge is 0.493 e. The van der Waals surface area contributed by atoms with Gasteiger partial charge in [-0.25, -0.2) is 0 Å². The van der Waals surface area contributed by atoms with Gasteiger partial charge in [-0.3, -0.25) is 4.79 Å². The van der Waals surface area contributed by atoms with Gasteiger partial charge in [0.15, 0.2) is 17.3 Å². The van der Waals surface area contributed by atoms with Gasteiger partial charge in [-0.2, -0.15) is 0 Å². The van der Waals surface area contributed by atoms with Gasteiger partial charge in [-0.15, -0.1) is 0 Å². The number of ketones is 1. The summed E-state index contributed by atoms with van der Waals surface area (Å²) >= 11 is 0. The average molecular weight is 354 g/mol. The summed E-state index contributed by atoms with van der Waals surface area (Å²) in [5, 5.41) is 0. The van der Waals surface area contributed by atoms with Crippen LogP contribution in [-0.2, 0) is 20.7 Å². The maximum absolute atomic E-state index is 12.1. The summed E-state index contributed by atoms with van der Waals surface area (Å²) in [6.07, 6.45) is 1.94. The van der Waals surface area contributed by atoms with E-state index in [0.717, 1.165) is 18.4 Å². The Hall–Kier alpha value is -1.79. The van der Waals surface area contributed by atoms with Crippen LogP contribution in [-0.4, -0.2) is 46.1 Å². The number of hydrogen-bond donors (Lipinski definition) is 0. The topological polar surface area (TPSA) is 63.2 Å². The lowest BCUT2D eigenvalue weighted by Gasteiger charge is -2.30. The van der Waals surface area contributed by atoms with Crippen LogP contribution in [0.15, 0.2) is 12.1 Å². The summed E-state index contributed by atoms with van der Waals surface area (Å²) in [6, 6.07) is 3.83. The molecule has 0 atom stereocenters. The minimum Gasteiger partial charge on any atom is -0.493 e. The Balaban J connectivity index is 2.90. The van der Waals surface area contributed by atoms with E-state index in [-0.39, 0.29) is 5.78 Å². The standard InChI is InChI=1S/C19H30O6/c1-7-24-19(14(3)20,25-8-2)11-9-10-15-12-16(21-4)18(23-6)17(13-15)22-5/h12-13H,7-11H2,1-6H3. The summed E-state index contributed by atoms with van der Waals surface area (Å²) in [4.78, 5) is 12.1. The molecule has 0 saturated carbocycles. The third kappa shape index (κ3) is 5.34. The number of ether oxygens (including phenoxy) is 5. The normalized spacial score (nSPS) is 11.3. The van der Waals surface area contributed by atoms with Crippen LogP contribution < -0.4 is 14.2 Å². The second-order valence-corrected chi connectivity index (χ2v) is 5.56. The third-order valence-corrected chi connectivity index (χ3v) is 3.99. The second-order valence-electron chi connectivity index (χ2n) is 5.56. The van der Waals surface area contributed by atoms with Crippen molar-refractivity contribution in [2.75, 3.05) is 34.5 Å². The molecule has 0 aliphatic heterocycles. The molecule has 0 fully saturated rings. The monoisotopic (exact) mass is 354 g/mol. The molecule has 0 aliphatic rings. The summed E-state index contributed by atoms with van der Waals surface area (Å²) in [5.74, 6) is 0.523. The molecule has 0 bridgehead atoms. The van der Waals surface area contributed by atoms with Crippen LogP contribution in [0.3, 0.4) is 0 Å². The maximum atomic E-state index is 12.1. The van der Waals surface area contributed by atoms with Crippen molar-refractivity contribution in [3.8, 4) is 17.2 Å². The highest BCUT2D eigenvalue weighted by Crippen LogP contribution is 2.38. The number of carbonyl (C=O) groups excluding carboxylic acids is 1. The Morgan fingerprint density at radius 3 is 1.84 bits per heavy atom. The first-order valence-electron chi connectivity index (χ1n) is 8.55. The smallest absolute Gasteiger partial charge is 0.228 e. The van der Waals surface area contributed by atoms with Gasteiger partial charge >= 0.3 is 0 Å². The maximum Gasteiger partial charge on any atom is 0.228 e. The fourth-order valence-electron chi connectivity index (χ4n) is 2.84. The van der Waals surface area contributed by atoms with Gasteiger partial charge in [0.05, 0.1) is 21.3 Å². The van der Waals surface area contributed by atoms with Crippen LogP contribution in [0.25, 0.3) is 0 Å². The molecule has 0 amide bonds. The van der Waals surface area contributed by atoms with E-state index < -0.39 is 5.79 Å². The first kappa shape index (κ1) is 21.3. The summed E-state index contributed by atoms with van der Waals surface area (Å²) < 4.78 is 27.4. The third-order valence-electron chi connectivity index (χ3n) is 3.99. The number of Topliss-reactive ketones (excluding diaryl/α,β-unsaturated/α-hetero) is 1. The Morgan fingerprint density at radius 1 is 0.960 bits per heavy atom. The molecular weight excluding hydrogens is 324 g/mol. The number of carbonyl (C=O) groups is 1. The first-order chi connectivity index (χ1) is 12.0. The van der Waals surface area contributed by atoms with E-state index >= 15 is 0 Å². The molecule has 0 N–H and O–H groups in total. The van der Waals surface area contributed by atoms with E-state index in [1.54, 1.807) is 21.3 Å². The number of methoxy groups -OCH3 is 3. The molecular formula is C19H30O6. The van der Waals surface area contributed by atoms with Crippen molar-refractivity contribution in [2.24, 2.45) is 0 Å². The molecule has 142 valence electrons. The highest BCUT2D eigenvalue weighted by atomic mass is 16.7. The van der Waals surface area contributed by atoms with Crippen molar-refractivity contribution >= 4 is 5.78 Å². The average Bonchev–Trinajstić information content (AvgIpc) is 2.60. The highest BCUT2D eigenvalue weighted by molar-refractivity contribution is 5.83. The molecule has 0 saturated heterocycles. The molecule has 0 radical (unpaired) electrons. The van der Waals surface area contributed by atoms with E-state index in [9.17, 15) is 4.79 Å². The van der Waals surface area contributed by atoms with Gasteiger partial charge < -0.3 is 23.7 Å². The van der Waals surface area contributed by atoms with Crippen molar-refractivity contribution in [3.63, 3.8) is 0 Å².